The molecule has 0 radical (unpaired) electrons. The second kappa shape index (κ2) is 11.7. The summed E-state index contributed by atoms with van der Waals surface area (Å²) in [5, 5.41) is 27.0. The molecule has 1 heterocycles. The molecule has 0 saturated heterocycles. The summed E-state index contributed by atoms with van der Waals surface area (Å²) >= 11 is 3.38. The number of ether oxygens (including phenoxy) is 1. The molecule has 0 aliphatic rings. The van der Waals surface area contributed by atoms with Gasteiger partial charge in [-0.25, -0.2) is 4.98 Å². The molecule has 0 unspecified atom stereocenters. The van der Waals surface area contributed by atoms with Gasteiger partial charge in [0.25, 0.3) is 16.9 Å². The molecule has 0 bridgehead atoms. The molecule has 0 aliphatic heterocycles. The summed E-state index contributed by atoms with van der Waals surface area (Å²) in [4.78, 5) is 39.2. The van der Waals surface area contributed by atoms with Gasteiger partial charge in [-0.1, -0.05) is 29.3 Å². The van der Waals surface area contributed by atoms with E-state index < -0.39 is 9.85 Å². The minimum atomic E-state index is -0.536. The van der Waals surface area contributed by atoms with Crippen LogP contribution in [0.1, 0.15) is 36.7 Å². The molecule has 0 atom stereocenters. The van der Waals surface area contributed by atoms with Crippen LogP contribution in [0.15, 0.2) is 75.0 Å². The van der Waals surface area contributed by atoms with Crippen molar-refractivity contribution in [3.05, 3.63) is 113 Å². The van der Waals surface area contributed by atoms with Crippen molar-refractivity contribution in [2.45, 2.75) is 32.8 Å². The number of nitro groups is 2. The van der Waals surface area contributed by atoms with E-state index in [9.17, 15) is 25.0 Å². The van der Waals surface area contributed by atoms with Gasteiger partial charge in [0.1, 0.15) is 18.2 Å². The minimum absolute atomic E-state index is 0.0442. The van der Waals surface area contributed by atoms with Gasteiger partial charge in [-0.3, -0.25) is 25.0 Å². The number of nitrogens with zero attached hydrogens (tertiary/aromatic N) is 5. The Morgan fingerprint density at radius 2 is 1.74 bits per heavy atom. The third-order valence-corrected chi connectivity index (χ3v) is 6.18. The normalized spacial score (nSPS) is 11.2. The number of halogens is 1. The molecule has 12 heteroatoms. The first-order valence-corrected chi connectivity index (χ1v) is 12.5. The van der Waals surface area contributed by atoms with Crippen LogP contribution in [0.5, 0.6) is 5.75 Å². The summed E-state index contributed by atoms with van der Waals surface area (Å²) in [5.74, 6) is 0.763. The summed E-state index contributed by atoms with van der Waals surface area (Å²) in [6, 6.07) is 15.2. The van der Waals surface area contributed by atoms with E-state index >= 15 is 0 Å². The highest BCUT2D eigenvalue weighted by atomic mass is 79.9. The van der Waals surface area contributed by atoms with Gasteiger partial charge in [-0.2, -0.15) is 9.78 Å². The highest BCUT2D eigenvalue weighted by molar-refractivity contribution is 9.10. The molecule has 38 heavy (non-hydrogen) atoms. The van der Waals surface area contributed by atoms with Crippen molar-refractivity contribution in [3.8, 4) is 5.75 Å². The van der Waals surface area contributed by atoms with Crippen LogP contribution < -0.4 is 10.3 Å². The molecule has 0 amide bonds. The smallest absolute Gasteiger partial charge is 0.282 e. The highest BCUT2D eigenvalue weighted by Gasteiger charge is 2.14. The van der Waals surface area contributed by atoms with Gasteiger partial charge >= 0.3 is 0 Å². The van der Waals surface area contributed by atoms with Gasteiger partial charge in [0.05, 0.1) is 27.0 Å². The van der Waals surface area contributed by atoms with Gasteiger partial charge in [0.15, 0.2) is 0 Å². The minimum Gasteiger partial charge on any atom is -0.488 e. The van der Waals surface area contributed by atoms with Crippen LogP contribution in [0.25, 0.3) is 10.9 Å². The number of rotatable bonds is 10. The Morgan fingerprint density at radius 1 is 1.03 bits per heavy atom. The molecule has 11 nitrogen and oxygen atoms in total. The maximum absolute atomic E-state index is 13.3. The van der Waals surface area contributed by atoms with Crippen molar-refractivity contribution in [3.63, 3.8) is 0 Å². The van der Waals surface area contributed by atoms with E-state index in [0.717, 1.165) is 17.3 Å². The Bertz CT molecular complexity index is 1600. The molecule has 1 aromatic heterocycles. The van der Waals surface area contributed by atoms with Crippen LogP contribution in [0.3, 0.4) is 0 Å². The monoisotopic (exact) mass is 579 g/mol. The number of unbranched alkanes of at least 4 members (excludes halogenated alkanes) is 1. The fraction of sp³-hybridized carbons (Fsp3) is 0.192. The number of fused-ring (bicyclic) bond motifs is 1. The average molecular weight is 580 g/mol. The fourth-order valence-corrected chi connectivity index (χ4v) is 4.05. The lowest BCUT2D eigenvalue weighted by Crippen LogP contribution is -2.22. The van der Waals surface area contributed by atoms with E-state index in [4.69, 9.17) is 4.74 Å². The number of hydrogen-bond donors (Lipinski definition) is 0. The molecule has 3 aromatic carbocycles. The van der Waals surface area contributed by atoms with Crippen LogP contribution in [0, 0.1) is 20.2 Å². The summed E-state index contributed by atoms with van der Waals surface area (Å²) in [6.45, 7) is 2.09. The van der Waals surface area contributed by atoms with Gasteiger partial charge in [0.2, 0.25) is 0 Å². The number of benzene rings is 3. The number of aryl methyl sites for hydroxylation is 1. The molecule has 0 N–H and O–H groups in total. The lowest BCUT2D eigenvalue weighted by atomic mass is 10.2. The third kappa shape index (κ3) is 6.09. The molecule has 4 aromatic rings. The Labute approximate surface area is 224 Å². The topological polar surface area (TPSA) is 143 Å². The van der Waals surface area contributed by atoms with Gasteiger partial charge in [0, 0.05) is 40.7 Å². The summed E-state index contributed by atoms with van der Waals surface area (Å²) in [6.07, 6.45) is 3.54. The fourth-order valence-electron chi connectivity index (χ4n) is 3.69. The Balaban J connectivity index is 1.72. The molecular weight excluding hydrogens is 558 g/mol. The molecule has 0 spiro atoms. The van der Waals surface area contributed by atoms with Crippen LogP contribution in [0.2, 0.25) is 0 Å². The first kappa shape index (κ1) is 26.6. The lowest BCUT2D eigenvalue weighted by molar-refractivity contribution is -0.385. The second-order valence-corrected chi connectivity index (χ2v) is 9.26. The predicted octanol–water partition coefficient (Wildman–Crippen LogP) is 5.78. The van der Waals surface area contributed by atoms with Gasteiger partial charge < -0.3 is 4.74 Å². The quantitative estimate of drug-likeness (QED) is 0.131. The van der Waals surface area contributed by atoms with E-state index in [1.807, 2.05) is 13.0 Å². The maximum Gasteiger partial charge on any atom is 0.282 e. The van der Waals surface area contributed by atoms with Gasteiger partial charge in [-0.15, -0.1) is 0 Å². The first-order chi connectivity index (χ1) is 18.3. The number of aromatic nitrogens is 2. The number of nitro benzene ring substituents is 2. The molecule has 0 aliphatic carbocycles. The van der Waals surface area contributed by atoms with E-state index in [2.05, 4.69) is 26.0 Å². The third-order valence-electron chi connectivity index (χ3n) is 5.69. The van der Waals surface area contributed by atoms with E-state index in [1.54, 1.807) is 24.3 Å². The van der Waals surface area contributed by atoms with Crippen LogP contribution in [-0.2, 0) is 13.0 Å². The lowest BCUT2D eigenvalue weighted by Gasteiger charge is -2.11. The van der Waals surface area contributed by atoms with E-state index in [1.165, 1.54) is 41.2 Å². The van der Waals surface area contributed by atoms with Crippen molar-refractivity contribution < 1.29 is 14.6 Å². The van der Waals surface area contributed by atoms with Crippen molar-refractivity contribution in [1.82, 2.24) is 9.66 Å². The number of hydrogen-bond acceptors (Lipinski definition) is 8. The summed E-state index contributed by atoms with van der Waals surface area (Å²) < 4.78 is 7.80. The van der Waals surface area contributed by atoms with Crippen molar-refractivity contribution in [2.24, 2.45) is 5.10 Å². The Kier molecular flexibility index (Phi) is 8.22. The largest absolute Gasteiger partial charge is 0.488 e. The van der Waals surface area contributed by atoms with E-state index in [-0.39, 0.29) is 34.9 Å². The zero-order valence-corrected chi connectivity index (χ0v) is 21.8. The molecular formula is C26H22BrN5O6. The SMILES string of the molecule is CCCCc1nc2ccc(Br)cc2c(=O)n1N=Cc1cc([N+](=O)[O-])ccc1OCc1ccc([N+](=O)[O-])cc1. The van der Waals surface area contributed by atoms with Crippen molar-refractivity contribution in [2.75, 3.05) is 0 Å². The van der Waals surface area contributed by atoms with Crippen LogP contribution >= 0.6 is 15.9 Å². The average Bonchev–Trinajstić information content (AvgIpc) is 2.91. The Hall–Kier alpha value is -4.45. The standard InChI is InChI=1S/C26H22BrN5O6/c1-2-3-4-25-29-23-11-7-19(27)14-22(23)26(33)30(25)28-15-18-13-21(32(36)37)10-12-24(18)38-16-17-5-8-20(9-6-17)31(34)35/h5-15H,2-4,16H2,1H3. The maximum atomic E-state index is 13.3. The molecule has 194 valence electrons. The number of non-ortho nitro benzene ring substituents is 2. The highest BCUT2D eigenvalue weighted by Crippen LogP contribution is 2.25. The summed E-state index contributed by atoms with van der Waals surface area (Å²) in [5.41, 5.74) is 0.921. The van der Waals surface area contributed by atoms with Gasteiger partial charge in [-0.05, 0) is 48.4 Å². The first-order valence-electron chi connectivity index (χ1n) is 11.7. The van der Waals surface area contributed by atoms with Crippen molar-refractivity contribution >= 4 is 44.4 Å². The van der Waals surface area contributed by atoms with E-state index in [0.29, 0.717) is 28.7 Å². The van der Waals surface area contributed by atoms with Crippen LogP contribution in [-0.4, -0.2) is 25.7 Å². The molecule has 0 saturated carbocycles. The molecule has 0 fully saturated rings. The predicted molar refractivity (Wildman–Crippen MR) is 146 cm³/mol. The zero-order chi connectivity index (χ0) is 27.2. The molecule has 4 rings (SSSR count). The van der Waals surface area contributed by atoms with Crippen molar-refractivity contribution in [1.29, 1.82) is 0 Å². The summed E-state index contributed by atoms with van der Waals surface area (Å²) in [7, 11) is 0. The zero-order valence-electron chi connectivity index (χ0n) is 20.2. The Morgan fingerprint density at radius 3 is 2.42 bits per heavy atom. The van der Waals surface area contributed by atoms with Crippen LogP contribution in [0.4, 0.5) is 11.4 Å². The second-order valence-electron chi connectivity index (χ2n) is 8.35.